The monoisotopic (exact) mass is 298 g/mol. The molecule has 1 unspecified atom stereocenters. The third-order valence-corrected chi connectivity index (χ3v) is 4.80. The molecule has 2 aliphatic rings. The molecule has 2 saturated heterocycles. The summed E-state index contributed by atoms with van der Waals surface area (Å²) in [6.45, 7) is 0.569. The molecule has 0 bridgehead atoms. The standard InChI is InChI=1S/C12H21F3N2OS/c13-12(14,15)9-17-4-1-10(7-17)16-8-11(18)2-5-19-6-3-11/h10,16,18H,1-9H2. The molecule has 2 aliphatic heterocycles. The summed E-state index contributed by atoms with van der Waals surface area (Å²) >= 11 is 1.84. The van der Waals surface area contributed by atoms with E-state index in [1.165, 1.54) is 4.90 Å². The fourth-order valence-corrected chi connectivity index (χ4v) is 3.91. The Morgan fingerprint density at radius 1 is 1.32 bits per heavy atom. The van der Waals surface area contributed by atoms with Crippen LogP contribution >= 0.6 is 11.8 Å². The van der Waals surface area contributed by atoms with Gasteiger partial charge in [0, 0.05) is 25.7 Å². The SMILES string of the molecule is OC1(CNC2CCN(CC(F)(F)F)C2)CCSCC1. The first kappa shape index (κ1) is 15.4. The van der Waals surface area contributed by atoms with Gasteiger partial charge in [-0.15, -0.1) is 0 Å². The van der Waals surface area contributed by atoms with Crippen LogP contribution in [0.5, 0.6) is 0 Å². The maximum absolute atomic E-state index is 12.3. The zero-order valence-corrected chi connectivity index (χ0v) is 11.7. The van der Waals surface area contributed by atoms with Gasteiger partial charge in [0.2, 0.25) is 0 Å². The van der Waals surface area contributed by atoms with E-state index < -0.39 is 18.3 Å². The Morgan fingerprint density at radius 3 is 2.63 bits per heavy atom. The van der Waals surface area contributed by atoms with Crippen LogP contribution in [0.1, 0.15) is 19.3 Å². The molecule has 2 rings (SSSR count). The smallest absolute Gasteiger partial charge is 0.389 e. The number of hydrogen-bond donors (Lipinski definition) is 2. The first-order chi connectivity index (χ1) is 8.86. The second kappa shape index (κ2) is 6.20. The number of thioether (sulfide) groups is 1. The van der Waals surface area contributed by atoms with Crippen molar-refractivity contribution in [1.82, 2.24) is 10.2 Å². The number of nitrogens with zero attached hydrogens (tertiary/aromatic N) is 1. The minimum Gasteiger partial charge on any atom is -0.389 e. The number of alkyl halides is 3. The molecule has 19 heavy (non-hydrogen) atoms. The van der Waals surface area contributed by atoms with E-state index in [-0.39, 0.29) is 6.04 Å². The van der Waals surface area contributed by atoms with Gasteiger partial charge in [-0.25, -0.2) is 0 Å². The molecule has 7 heteroatoms. The summed E-state index contributed by atoms with van der Waals surface area (Å²) in [5.41, 5.74) is -0.664. The van der Waals surface area contributed by atoms with Crippen LogP contribution in [0.3, 0.4) is 0 Å². The lowest BCUT2D eigenvalue weighted by Crippen LogP contribution is -2.47. The van der Waals surface area contributed by atoms with Gasteiger partial charge in [-0.3, -0.25) is 4.90 Å². The molecule has 112 valence electrons. The van der Waals surface area contributed by atoms with E-state index in [0.29, 0.717) is 19.6 Å². The molecule has 1 atom stereocenters. The van der Waals surface area contributed by atoms with Crippen LogP contribution in [0.2, 0.25) is 0 Å². The summed E-state index contributed by atoms with van der Waals surface area (Å²) < 4.78 is 36.8. The summed E-state index contributed by atoms with van der Waals surface area (Å²) in [6, 6.07) is 0.0703. The first-order valence-electron chi connectivity index (χ1n) is 6.69. The van der Waals surface area contributed by atoms with Crippen molar-refractivity contribution in [2.24, 2.45) is 0 Å². The van der Waals surface area contributed by atoms with Crippen molar-refractivity contribution in [3.05, 3.63) is 0 Å². The van der Waals surface area contributed by atoms with Crippen molar-refractivity contribution in [3.8, 4) is 0 Å². The van der Waals surface area contributed by atoms with Gasteiger partial charge in [0.15, 0.2) is 0 Å². The van der Waals surface area contributed by atoms with Gasteiger partial charge in [0.1, 0.15) is 0 Å². The van der Waals surface area contributed by atoms with Crippen molar-refractivity contribution in [2.45, 2.75) is 37.1 Å². The maximum Gasteiger partial charge on any atom is 0.401 e. The molecule has 0 saturated carbocycles. The van der Waals surface area contributed by atoms with Gasteiger partial charge < -0.3 is 10.4 Å². The molecule has 0 aromatic rings. The van der Waals surface area contributed by atoms with Crippen LogP contribution in [0, 0.1) is 0 Å². The van der Waals surface area contributed by atoms with Crippen molar-refractivity contribution < 1.29 is 18.3 Å². The van der Waals surface area contributed by atoms with Gasteiger partial charge >= 0.3 is 6.18 Å². The highest BCUT2D eigenvalue weighted by atomic mass is 32.2. The fraction of sp³-hybridized carbons (Fsp3) is 1.00. The van der Waals surface area contributed by atoms with E-state index in [1.807, 2.05) is 11.8 Å². The predicted molar refractivity (Wildman–Crippen MR) is 70.4 cm³/mol. The number of hydrogen-bond acceptors (Lipinski definition) is 4. The number of likely N-dealkylation sites (tertiary alicyclic amines) is 1. The van der Waals surface area contributed by atoms with Crippen LogP contribution in [0.25, 0.3) is 0 Å². The van der Waals surface area contributed by atoms with Crippen molar-refractivity contribution in [3.63, 3.8) is 0 Å². The second-order valence-electron chi connectivity index (χ2n) is 5.55. The second-order valence-corrected chi connectivity index (χ2v) is 6.78. The number of aliphatic hydroxyl groups is 1. The summed E-state index contributed by atoms with van der Waals surface area (Å²) in [5.74, 6) is 1.92. The lowest BCUT2D eigenvalue weighted by Gasteiger charge is -2.33. The van der Waals surface area contributed by atoms with E-state index in [4.69, 9.17) is 0 Å². The molecule has 0 spiro atoms. The Morgan fingerprint density at radius 2 is 2.00 bits per heavy atom. The van der Waals surface area contributed by atoms with Crippen LogP contribution in [0.4, 0.5) is 13.2 Å². The highest BCUT2D eigenvalue weighted by Crippen LogP contribution is 2.27. The van der Waals surface area contributed by atoms with E-state index in [2.05, 4.69) is 5.32 Å². The summed E-state index contributed by atoms with van der Waals surface area (Å²) in [7, 11) is 0. The van der Waals surface area contributed by atoms with Gasteiger partial charge in [-0.2, -0.15) is 24.9 Å². The third kappa shape index (κ3) is 5.13. The van der Waals surface area contributed by atoms with Gasteiger partial charge in [-0.1, -0.05) is 0 Å². The van der Waals surface area contributed by atoms with E-state index in [1.54, 1.807) is 0 Å². The van der Waals surface area contributed by atoms with Crippen molar-refractivity contribution >= 4 is 11.8 Å². The van der Waals surface area contributed by atoms with Crippen LogP contribution in [0.15, 0.2) is 0 Å². The Labute approximate surface area is 115 Å². The van der Waals surface area contributed by atoms with Gasteiger partial charge in [0.05, 0.1) is 12.1 Å². The Bertz CT molecular complexity index is 295. The summed E-state index contributed by atoms with van der Waals surface area (Å²) in [4.78, 5) is 1.43. The molecule has 0 aliphatic carbocycles. The zero-order valence-electron chi connectivity index (χ0n) is 10.9. The lowest BCUT2D eigenvalue weighted by atomic mass is 9.96. The lowest BCUT2D eigenvalue weighted by molar-refractivity contribution is -0.143. The van der Waals surface area contributed by atoms with E-state index in [0.717, 1.165) is 30.8 Å². The normalized spacial score (nSPS) is 28.7. The topological polar surface area (TPSA) is 35.5 Å². The highest BCUT2D eigenvalue weighted by molar-refractivity contribution is 7.99. The summed E-state index contributed by atoms with van der Waals surface area (Å²) in [5, 5.41) is 13.6. The molecular formula is C12H21F3N2OS. The Kier molecular flexibility index (Phi) is 5.03. The molecule has 3 nitrogen and oxygen atoms in total. The Hall–Kier alpha value is 0.0200. The zero-order chi connectivity index (χ0) is 13.9. The maximum atomic E-state index is 12.3. The number of halogens is 3. The van der Waals surface area contributed by atoms with Crippen molar-refractivity contribution in [2.75, 3.05) is 37.7 Å². The van der Waals surface area contributed by atoms with E-state index >= 15 is 0 Å². The van der Waals surface area contributed by atoms with Crippen molar-refractivity contribution in [1.29, 1.82) is 0 Å². The molecule has 2 N–H and O–H groups in total. The molecule has 2 heterocycles. The largest absolute Gasteiger partial charge is 0.401 e. The molecule has 2 fully saturated rings. The highest BCUT2D eigenvalue weighted by Gasteiger charge is 2.35. The third-order valence-electron chi connectivity index (χ3n) is 3.82. The van der Waals surface area contributed by atoms with Gasteiger partial charge in [0.25, 0.3) is 0 Å². The first-order valence-corrected chi connectivity index (χ1v) is 7.84. The molecule has 0 radical (unpaired) electrons. The summed E-state index contributed by atoms with van der Waals surface area (Å²) in [6.07, 6.45) is -1.86. The minimum atomic E-state index is -4.12. The Balaban J connectivity index is 1.70. The average molecular weight is 298 g/mol. The molecule has 0 aromatic carbocycles. The minimum absolute atomic E-state index is 0.0703. The van der Waals surface area contributed by atoms with E-state index in [9.17, 15) is 18.3 Å². The van der Waals surface area contributed by atoms with Crippen LogP contribution < -0.4 is 5.32 Å². The number of rotatable bonds is 4. The fourth-order valence-electron chi connectivity index (χ4n) is 2.66. The van der Waals surface area contributed by atoms with Gasteiger partial charge in [-0.05, 0) is 30.8 Å². The van der Waals surface area contributed by atoms with Crippen LogP contribution in [-0.4, -0.2) is 65.5 Å². The molecular weight excluding hydrogens is 277 g/mol. The quantitative estimate of drug-likeness (QED) is 0.824. The molecule has 0 amide bonds. The predicted octanol–water partition coefficient (Wildman–Crippen LogP) is 1.47. The number of nitrogens with one attached hydrogen (secondary N) is 1. The van der Waals surface area contributed by atoms with Crippen LogP contribution in [-0.2, 0) is 0 Å². The molecule has 0 aromatic heterocycles. The average Bonchev–Trinajstić information content (AvgIpc) is 2.73.